The summed E-state index contributed by atoms with van der Waals surface area (Å²) in [7, 11) is 0. The molecule has 3 aromatic rings. The number of aromatic nitrogens is 1. The summed E-state index contributed by atoms with van der Waals surface area (Å²) in [6.45, 7) is 0.621. The molecule has 0 bridgehead atoms. The second kappa shape index (κ2) is 7.52. The van der Waals surface area contributed by atoms with Gasteiger partial charge in [-0.25, -0.2) is 4.57 Å². The Hall–Kier alpha value is -3.61. The summed E-state index contributed by atoms with van der Waals surface area (Å²) >= 11 is 0. The third-order valence-electron chi connectivity index (χ3n) is 4.03. The van der Waals surface area contributed by atoms with Crippen LogP contribution in [0.25, 0.3) is 0 Å². The van der Waals surface area contributed by atoms with Crippen molar-refractivity contribution in [2.75, 3.05) is 0 Å². The molecule has 0 saturated carbocycles. The van der Waals surface area contributed by atoms with Crippen LogP contribution < -0.4 is 4.57 Å². The molecular formula is C19H16N3O4+. The molecule has 0 fully saturated rings. The van der Waals surface area contributed by atoms with Gasteiger partial charge in [0.15, 0.2) is 18.9 Å². The highest BCUT2D eigenvalue weighted by Gasteiger charge is 2.08. The van der Waals surface area contributed by atoms with Crippen molar-refractivity contribution in [2.24, 2.45) is 0 Å². The van der Waals surface area contributed by atoms with Crippen molar-refractivity contribution in [2.45, 2.75) is 13.0 Å². The third-order valence-corrected chi connectivity index (χ3v) is 4.03. The van der Waals surface area contributed by atoms with Crippen LogP contribution in [0.2, 0.25) is 0 Å². The molecule has 0 aliphatic carbocycles. The van der Waals surface area contributed by atoms with Gasteiger partial charge in [0.1, 0.15) is 0 Å². The second-order valence-corrected chi connectivity index (χ2v) is 5.90. The van der Waals surface area contributed by atoms with Gasteiger partial charge in [0.25, 0.3) is 11.4 Å². The minimum Gasteiger partial charge on any atom is -0.258 e. The van der Waals surface area contributed by atoms with Crippen LogP contribution in [0.4, 0.5) is 11.4 Å². The van der Waals surface area contributed by atoms with E-state index in [-0.39, 0.29) is 11.4 Å². The molecule has 26 heavy (non-hydrogen) atoms. The molecule has 0 amide bonds. The first-order valence-electron chi connectivity index (χ1n) is 7.96. The monoisotopic (exact) mass is 350 g/mol. The number of nitro benzene ring substituents is 2. The van der Waals surface area contributed by atoms with Crippen LogP contribution in [-0.4, -0.2) is 9.85 Å². The molecule has 0 aliphatic heterocycles. The molecule has 3 rings (SSSR count). The van der Waals surface area contributed by atoms with E-state index in [0.29, 0.717) is 13.0 Å². The Kier molecular flexibility index (Phi) is 4.98. The Morgan fingerprint density at radius 3 is 1.54 bits per heavy atom. The van der Waals surface area contributed by atoms with Gasteiger partial charge >= 0.3 is 0 Å². The Labute approximate surface area is 149 Å². The highest BCUT2D eigenvalue weighted by molar-refractivity contribution is 5.35. The fraction of sp³-hybridized carbons (Fsp3) is 0.105. The zero-order chi connectivity index (χ0) is 18.5. The lowest BCUT2D eigenvalue weighted by atomic mass is 10.1. The molecule has 1 heterocycles. The maximum absolute atomic E-state index is 10.7. The summed E-state index contributed by atoms with van der Waals surface area (Å²) in [6.07, 6.45) is 4.58. The van der Waals surface area contributed by atoms with Crippen LogP contribution in [0.3, 0.4) is 0 Å². The van der Waals surface area contributed by atoms with Gasteiger partial charge < -0.3 is 0 Å². The van der Waals surface area contributed by atoms with E-state index in [1.54, 1.807) is 24.3 Å². The largest absolute Gasteiger partial charge is 0.269 e. The standard InChI is InChI=1S/C19H16N3O4/c23-21(24)18-5-1-15(2-6-18)13-16-9-11-20(12-10-16)14-17-3-7-19(8-4-17)22(25)26/h1-12H,13-14H2/q+1. The van der Waals surface area contributed by atoms with E-state index in [0.717, 1.165) is 16.7 Å². The molecule has 0 unspecified atom stereocenters. The van der Waals surface area contributed by atoms with Crippen LogP contribution in [0.15, 0.2) is 73.1 Å². The molecule has 0 atom stereocenters. The fourth-order valence-corrected chi connectivity index (χ4v) is 2.62. The highest BCUT2D eigenvalue weighted by Crippen LogP contribution is 2.15. The van der Waals surface area contributed by atoms with Gasteiger partial charge in [0, 0.05) is 42.0 Å². The summed E-state index contributed by atoms with van der Waals surface area (Å²) in [6, 6.07) is 17.0. The molecule has 0 N–H and O–H groups in total. The van der Waals surface area contributed by atoms with Crippen LogP contribution in [0.5, 0.6) is 0 Å². The average Bonchev–Trinajstić information content (AvgIpc) is 2.64. The maximum atomic E-state index is 10.7. The average molecular weight is 350 g/mol. The number of rotatable bonds is 6. The van der Waals surface area contributed by atoms with Gasteiger partial charge in [-0.05, 0) is 29.7 Å². The summed E-state index contributed by atoms with van der Waals surface area (Å²) in [5.74, 6) is 0. The second-order valence-electron chi connectivity index (χ2n) is 5.90. The molecule has 0 saturated heterocycles. The Bertz CT molecular complexity index is 842. The van der Waals surface area contributed by atoms with Crippen molar-refractivity contribution in [3.05, 3.63) is 110 Å². The lowest BCUT2D eigenvalue weighted by Crippen LogP contribution is -2.33. The van der Waals surface area contributed by atoms with E-state index in [2.05, 4.69) is 0 Å². The molecule has 130 valence electrons. The predicted octanol–water partition coefficient (Wildman–Crippen LogP) is 3.43. The summed E-state index contributed by atoms with van der Waals surface area (Å²) in [5.41, 5.74) is 3.24. The van der Waals surface area contributed by atoms with E-state index >= 15 is 0 Å². The molecule has 0 aliphatic rings. The minimum absolute atomic E-state index is 0.0807. The third kappa shape index (κ3) is 4.27. The molecule has 2 aromatic carbocycles. The zero-order valence-electron chi connectivity index (χ0n) is 13.8. The fourth-order valence-electron chi connectivity index (χ4n) is 2.62. The maximum Gasteiger partial charge on any atom is 0.269 e. The summed E-state index contributed by atoms with van der Waals surface area (Å²) < 4.78 is 1.99. The number of benzene rings is 2. The molecule has 7 nitrogen and oxygen atoms in total. The van der Waals surface area contributed by atoms with Gasteiger partial charge in [-0.2, -0.15) is 0 Å². The number of non-ortho nitro benzene ring substituents is 2. The predicted molar refractivity (Wildman–Crippen MR) is 94.7 cm³/mol. The van der Waals surface area contributed by atoms with Crippen molar-refractivity contribution in [1.29, 1.82) is 0 Å². The number of hydrogen-bond donors (Lipinski definition) is 0. The minimum atomic E-state index is -0.413. The lowest BCUT2D eigenvalue weighted by Gasteiger charge is -2.02. The van der Waals surface area contributed by atoms with Gasteiger partial charge in [0.2, 0.25) is 0 Å². The van der Waals surface area contributed by atoms with Gasteiger partial charge in [0.05, 0.1) is 9.85 Å². The Morgan fingerprint density at radius 1 is 0.654 bits per heavy atom. The Balaban J connectivity index is 1.64. The first kappa shape index (κ1) is 17.2. The van der Waals surface area contributed by atoms with E-state index in [1.807, 2.05) is 29.1 Å². The Morgan fingerprint density at radius 2 is 1.08 bits per heavy atom. The number of hydrogen-bond acceptors (Lipinski definition) is 4. The zero-order valence-corrected chi connectivity index (χ0v) is 13.8. The van der Waals surface area contributed by atoms with Crippen LogP contribution in [0, 0.1) is 20.2 Å². The molecule has 0 radical (unpaired) electrons. The van der Waals surface area contributed by atoms with E-state index in [4.69, 9.17) is 0 Å². The number of pyridine rings is 1. The van der Waals surface area contributed by atoms with Crippen molar-refractivity contribution >= 4 is 11.4 Å². The van der Waals surface area contributed by atoms with E-state index in [9.17, 15) is 20.2 Å². The number of nitro groups is 2. The van der Waals surface area contributed by atoms with E-state index < -0.39 is 9.85 Å². The molecule has 1 aromatic heterocycles. The quantitative estimate of drug-likeness (QED) is 0.387. The van der Waals surface area contributed by atoms with Gasteiger partial charge in [-0.3, -0.25) is 20.2 Å². The van der Waals surface area contributed by atoms with Crippen molar-refractivity contribution < 1.29 is 14.4 Å². The number of nitrogens with zero attached hydrogens (tertiary/aromatic N) is 3. The van der Waals surface area contributed by atoms with Crippen molar-refractivity contribution in [1.82, 2.24) is 0 Å². The normalized spacial score (nSPS) is 10.5. The summed E-state index contributed by atoms with van der Waals surface area (Å²) in [4.78, 5) is 20.5. The molecule has 7 heteroatoms. The summed E-state index contributed by atoms with van der Waals surface area (Å²) in [5, 5.41) is 21.4. The lowest BCUT2D eigenvalue weighted by molar-refractivity contribution is -0.688. The van der Waals surface area contributed by atoms with Crippen molar-refractivity contribution in [3.63, 3.8) is 0 Å². The highest BCUT2D eigenvalue weighted by atomic mass is 16.6. The smallest absolute Gasteiger partial charge is 0.258 e. The first-order valence-corrected chi connectivity index (χ1v) is 7.96. The van der Waals surface area contributed by atoms with Gasteiger partial charge in [-0.1, -0.05) is 12.1 Å². The van der Waals surface area contributed by atoms with Crippen LogP contribution >= 0.6 is 0 Å². The van der Waals surface area contributed by atoms with Crippen molar-refractivity contribution in [3.8, 4) is 0 Å². The topological polar surface area (TPSA) is 90.2 Å². The molecule has 0 spiro atoms. The molecular weight excluding hydrogens is 334 g/mol. The van der Waals surface area contributed by atoms with Gasteiger partial charge in [-0.15, -0.1) is 0 Å². The SMILES string of the molecule is O=[N+]([O-])c1ccc(Cc2cc[n+](Cc3ccc([N+](=O)[O-])cc3)cc2)cc1. The van der Waals surface area contributed by atoms with Crippen LogP contribution in [0.1, 0.15) is 16.7 Å². The van der Waals surface area contributed by atoms with E-state index in [1.165, 1.54) is 24.3 Å². The first-order chi connectivity index (χ1) is 12.5. The van der Waals surface area contributed by atoms with Crippen LogP contribution in [-0.2, 0) is 13.0 Å².